The van der Waals surface area contributed by atoms with Gasteiger partial charge in [0.25, 0.3) is 0 Å². The molecule has 0 atom stereocenters. The molecule has 2 aromatic rings. The van der Waals surface area contributed by atoms with Gasteiger partial charge in [-0.05, 0) is 36.6 Å². The number of aromatic nitrogens is 1. The standard InChI is InChI=1S/C16H17NO4/c1-3-21-16(19)14-10-17-9-13(14)8-11-4-6-12(7-5-11)15(18)20-2/h4-7,9-10,17H,3,8H2,1-2H3. The van der Waals surface area contributed by atoms with Gasteiger partial charge in [-0.15, -0.1) is 0 Å². The Morgan fingerprint density at radius 2 is 1.81 bits per heavy atom. The van der Waals surface area contributed by atoms with Crippen LogP contribution in [0.1, 0.15) is 38.8 Å². The second-order valence-electron chi connectivity index (χ2n) is 4.48. The number of rotatable bonds is 5. The summed E-state index contributed by atoms with van der Waals surface area (Å²) < 4.78 is 9.66. The molecule has 1 heterocycles. The smallest absolute Gasteiger partial charge is 0.339 e. The highest BCUT2D eigenvalue weighted by molar-refractivity contribution is 5.91. The molecule has 0 aliphatic heterocycles. The lowest BCUT2D eigenvalue weighted by Gasteiger charge is -2.05. The first-order valence-corrected chi connectivity index (χ1v) is 6.65. The number of benzene rings is 1. The molecule has 1 aromatic heterocycles. The zero-order chi connectivity index (χ0) is 15.2. The van der Waals surface area contributed by atoms with Gasteiger partial charge in [0.1, 0.15) is 0 Å². The third-order valence-electron chi connectivity index (χ3n) is 3.10. The highest BCUT2D eigenvalue weighted by Gasteiger charge is 2.14. The minimum atomic E-state index is -0.365. The van der Waals surface area contributed by atoms with Gasteiger partial charge < -0.3 is 14.5 Å². The lowest BCUT2D eigenvalue weighted by Crippen LogP contribution is -2.06. The van der Waals surface area contributed by atoms with Crippen molar-refractivity contribution in [1.82, 2.24) is 4.98 Å². The fourth-order valence-corrected chi connectivity index (χ4v) is 2.04. The third-order valence-corrected chi connectivity index (χ3v) is 3.10. The molecule has 1 aromatic carbocycles. The summed E-state index contributed by atoms with van der Waals surface area (Å²) in [6.07, 6.45) is 4.00. The predicted molar refractivity (Wildman–Crippen MR) is 77.3 cm³/mol. The molecule has 110 valence electrons. The number of ether oxygens (including phenoxy) is 2. The van der Waals surface area contributed by atoms with Crippen LogP contribution in [0.25, 0.3) is 0 Å². The van der Waals surface area contributed by atoms with E-state index in [-0.39, 0.29) is 11.9 Å². The van der Waals surface area contributed by atoms with Crippen molar-refractivity contribution in [2.24, 2.45) is 0 Å². The van der Waals surface area contributed by atoms with Crippen LogP contribution in [0.3, 0.4) is 0 Å². The van der Waals surface area contributed by atoms with Crippen LogP contribution >= 0.6 is 0 Å². The van der Waals surface area contributed by atoms with Gasteiger partial charge in [0, 0.05) is 12.4 Å². The monoisotopic (exact) mass is 287 g/mol. The van der Waals surface area contributed by atoms with Crippen molar-refractivity contribution >= 4 is 11.9 Å². The van der Waals surface area contributed by atoms with Crippen molar-refractivity contribution in [2.75, 3.05) is 13.7 Å². The van der Waals surface area contributed by atoms with E-state index < -0.39 is 0 Å². The fraction of sp³-hybridized carbons (Fsp3) is 0.250. The summed E-state index contributed by atoms with van der Waals surface area (Å²) in [4.78, 5) is 26.1. The van der Waals surface area contributed by atoms with Gasteiger partial charge in [0.15, 0.2) is 0 Å². The normalized spacial score (nSPS) is 10.2. The largest absolute Gasteiger partial charge is 0.465 e. The molecule has 1 N–H and O–H groups in total. The SMILES string of the molecule is CCOC(=O)c1c[nH]cc1Cc1ccc(C(=O)OC)cc1. The van der Waals surface area contributed by atoms with Crippen LogP contribution in [0.4, 0.5) is 0 Å². The zero-order valence-corrected chi connectivity index (χ0v) is 12.0. The Bertz CT molecular complexity index is 628. The summed E-state index contributed by atoms with van der Waals surface area (Å²) in [5.74, 6) is -0.699. The van der Waals surface area contributed by atoms with Gasteiger partial charge in [-0.1, -0.05) is 12.1 Å². The van der Waals surface area contributed by atoms with Gasteiger partial charge >= 0.3 is 11.9 Å². The zero-order valence-electron chi connectivity index (χ0n) is 12.0. The maximum absolute atomic E-state index is 11.8. The summed E-state index contributed by atoms with van der Waals surface area (Å²) in [6, 6.07) is 7.10. The molecule has 5 heteroatoms. The second kappa shape index (κ2) is 6.74. The number of esters is 2. The van der Waals surface area contributed by atoms with Crippen molar-refractivity contribution in [3.63, 3.8) is 0 Å². The molecular weight excluding hydrogens is 270 g/mol. The van der Waals surface area contributed by atoms with Crippen molar-refractivity contribution in [1.29, 1.82) is 0 Å². The van der Waals surface area contributed by atoms with Crippen molar-refractivity contribution < 1.29 is 19.1 Å². The van der Waals surface area contributed by atoms with Gasteiger partial charge in [-0.25, -0.2) is 9.59 Å². The highest BCUT2D eigenvalue weighted by Crippen LogP contribution is 2.16. The number of carbonyl (C=O) groups is 2. The number of methoxy groups -OCH3 is 1. The van der Waals surface area contributed by atoms with E-state index in [0.717, 1.165) is 11.1 Å². The van der Waals surface area contributed by atoms with E-state index in [9.17, 15) is 9.59 Å². The van der Waals surface area contributed by atoms with Gasteiger partial charge in [0.2, 0.25) is 0 Å². The van der Waals surface area contributed by atoms with Crippen LogP contribution in [0.2, 0.25) is 0 Å². The molecule has 0 unspecified atom stereocenters. The Morgan fingerprint density at radius 3 is 2.43 bits per heavy atom. The average molecular weight is 287 g/mol. The number of H-pyrrole nitrogens is 1. The van der Waals surface area contributed by atoms with Crippen LogP contribution < -0.4 is 0 Å². The first-order chi connectivity index (χ1) is 10.2. The summed E-state index contributed by atoms with van der Waals surface area (Å²) in [5.41, 5.74) is 2.89. The maximum Gasteiger partial charge on any atom is 0.339 e. The molecule has 0 fully saturated rings. The fourth-order valence-electron chi connectivity index (χ4n) is 2.04. The van der Waals surface area contributed by atoms with E-state index in [1.54, 1.807) is 31.5 Å². The number of nitrogens with one attached hydrogen (secondary N) is 1. The molecule has 5 nitrogen and oxygen atoms in total. The molecule has 0 bridgehead atoms. The van der Waals surface area contributed by atoms with E-state index in [1.165, 1.54) is 7.11 Å². The second-order valence-corrected chi connectivity index (χ2v) is 4.48. The lowest BCUT2D eigenvalue weighted by atomic mass is 10.0. The number of aromatic amines is 1. The van der Waals surface area contributed by atoms with Crippen LogP contribution in [-0.4, -0.2) is 30.6 Å². The summed E-state index contributed by atoms with van der Waals surface area (Å²) >= 11 is 0. The first-order valence-electron chi connectivity index (χ1n) is 6.65. The Kier molecular flexibility index (Phi) is 4.77. The molecule has 0 saturated heterocycles. The lowest BCUT2D eigenvalue weighted by molar-refractivity contribution is 0.0524. The van der Waals surface area contributed by atoms with Crippen LogP contribution in [-0.2, 0) is 15.9 Å². The molecule has 0 spiro atoms. The molecule has 0 saturated carbocycles. The Labute approximate surface area is 122 Å². The Morgan fingerprint density at radius 1 is 1.10 bits per heavy atom. The highest BCUT2D eigenvalue weighted by atomic mass is 16.5. The summed E-state index contributed by atoms with van der Waals surface area (Å²) in [6.45, 7) is 2.12. The van der Waals surface area contributed by atoms with E-state index in [2.05, 4.69) is 9.72 Å². The van der Waals surface area contributed by atoms with Gasteiger partial charge in [0.05, 0.1) is 24.8 Å². The van der Waals surface area contributed by atoms with Crippen molar-refractivity contribution in [3.05, 3.63) is 58.9 Å². The van der Waals surface area contributed by atoms with Gasteiger partial charge in [-0.2, -0.15) is 0 Å². The van der Waals surface area contributed by atoms with Crippen molar-refractivity contribution in [2.45, 2.75) is 13.3 Å². The molecule has 0 radical (unpaired) electrons. The predicted octanol–water partition coefficient (Wildman–Crippen LogP) is 2.57. The summed E-state index contributed by atoms with van der Waals surface area (Å²) in [5, 5.41) is 0. The topological polar surface area (TPSA) is 68.4 Å². The van der Waals surface area contributed by atoms with Crippen molar-refractivity contribution in [3.8, 4) is 0 Å². The van der Waals surface area contributed by atoms with E-state index in [4.69, 9.17) is 4.74 Å². The minimum absolute atomic E-state index is 0.333. The molecule has 0 amide bonds. The molecular formula is C16H17NO4. The Hall–Kier alpha value is -2.56. The molecule has 0 aliphatic rings. The van der Waals surface area contributed by atoms with Crippen LogP contribution in [0.15, 0.2) is 36.7 Å². The van der Waals surface area contributed by atoms with E-state index in [0.29, 0.717) is 24.2 Å². The molecule has 0 aliphatic carbocycles. The Balaban J connectivity index is 2.14. The average Bonchev–Trinajstić information content (AvgIpc) is 2.95. The maximum atomic E-state index is 11.8. The summed E-state index contributed by atoms with van der Waals surface area (Å²) in [7, 11) is 1.35. The minimum Gasteiger partial charge on any atom is -0.465 e. The quantitative estimate of drug-likeness (QED) is 0.858. The number of hydrogen-bond donors (Lipinski definition) is 1. The number of hydrogen-bond acceptors (Lipinski definition) is 4. The van der Waals surface area contributed by atoms with Gasteiger partial charge in [-0.3, -0.25) is 0 Å². The van der Waals surface area contributed by atoms with E-state index >= 15 is 0 Å². The number of carbonyl (C=O) groups excluding carboxylic acids is 2. The van der Waals surface area contributed by atoms with E-state index in [1.807, 2.05) is 12.1 Å². The van der Waals surface area contributed by atoms with Crippen LogP contribution in [0.5, 0.6) is 0 Å². The third kappa shape index (κ3) is 3.51. The van der Waals surface area contributed by atoms with Crippen LogP contribution in [0, 0.1) is 0 Å². The first kappa shape index (κ1) is 14.8. The molecule has 21 heavy (non-hydrogen) atoms. The molecule has 2 rings (SSSR count).